The molecule has 3 N–H and O–H groups in total. The highest BCUT2D eigenvalue weighted by atomic mass is 19.4. The van der Waals surface area contributed by atoms with Crippen molar-refractivity contribution in [2.45, 2.75) is 31.5 Å². The fraction of sp³-hybridized carbons (Fsp3) is 0.667. The topological polar surface area (TPSA) is 65.0 Å². The molecule has 8 heteroatoms. The minimum Gasteiger partial charge on any atom is -0.508 e. The Hall–Kier alpha value is -1.51. The van der Waals surface area contributed by atoms with Crippen LogP contribution in [0.2, 0.25) is 0 Å². The lowest BCUT2D eigenvalue weighted by Crippen LogP contribution is -2.40. The minimum atomic E-state index is -4.09. The van der Waals surface area contributed by atoms with Crippen LogP contribution in [0.25, 0.3) is 0 Å². The molecule has 5 nitrogen and oxygen atoms in total. The van der Waals surface area contributed by atoms with E-state index >= 15 is 0 Å². The maximum Gasteiger partial charge on any atom is 0.390 e. The first-order valence-corrected chi connectivity index (χ1v) is 8.91. The van der Waals surface area contributed by atoms with Crippen LogP contribution in [0.1, 0.15) is 19.3 Å². The Morgan fingerprint density at radius 2 is 1.85 bits per heavy atom. The normalized spacial score (nSPS) is 18.0. The molecule has 1 aliphatic rings. The predicted octanol–water partition coefficient (Wildman–Crippen LogP) is 2.39. The van der Waals surface area contributed by atoms with Crippen LogP contribution in [0.3, 0.4) is 0 Å². The maximum absolute atomic E-state index is 12.2. The Morgan fingerprint density at radius 1 is 1.19 bits per heavy atom. The monoisotopic (exact) mass is 376 g/mol. The SMILES string of the molecule is Oc1ccc(OC[C@@H](O)CNCC2CCN(CCC(F)(F)F)CC2)cc1. The molecular formula is C18H27F3N2O3. The molecule has 1 aromatic carbocycles. The summed E-state index contributed by atoms with van der Waals surface area (Å²) in [6.45, 7) is 2.74. The number of phenolic OH excluding ortho intramolecular Hbond substituents is 1. The molecule has 1 atom stereocenters. The molecule has 2 rings (SSSR count). The third-order valence-electron chi connectivity index (χ3n) is 4.51. The Morgan fingerprint density at radius 3 is 2.46 bits per heavy atom. The Labute approximate surface area is 151 Å². The second-order valence-electron chi connectivity index (χ2n) is 6.77. The van der Waals surface area contributed by atoms with Crippen molar-refractivity contribution in [1.29, 1.82) is 0 Å². The Balaban J connectivity index is 1.54. The molecule has 0 aromatic heterocycles. The largest absolute Gasteiger partial charge is 0.508 e. The Kier molecular flexibility index (Phi) is 7.99. The predicted molar refractivity (Wildman–Crippen MR) is 92.3 cm³/mol. The van der Waals surface area contributed by atoms with Crippen molar-refractivity contribution in [3.05, 3.63) is 24.3 Å². The number of aromatic hydroxyl groups is 1. The van der Waals surface area contributed by atoms with E-state index in [0.717, 1.165) is 19.4 Å². The van der Waals surface area contributed by atoms with Gasteiger partial charge in [-0.1, -0.05) is 0 Å². The van der Waals surface area contributed by atoms with E-state index in [-0.39, 0.29) is 18.9 Å². The van der Waals surface area contributed by atoms with Crippen molar-refractivity contribution >= 4 is 0 Å². The first-order chi connectivity index (χ1) is 12.3. The number of hydrogen-bond acceptors (Lipinski definition) is 5. The second-order valence-corrected chi connectivity index (χ2v) is 6.77. The van der Waals surface area contributed by atoms with Gasteiger partial charge in [0.25, 0.3) is 0 Å². The number of nitrogens with one attached hydrogen (secondary N) is 1. The van der Waals surface area contributed by atoms with Gasteiger partial charge >= 0.3 is 6.18 Å². The fourth-order valence-electron chi connectivity index (χ4n) is 2.95. The molecule has 1 heterocycles. The van der Waals surface area contributed by atoms with Crippen molar-refractivity contribution in [3.63, 3.8) is 0 Å². The molecule has 0 spiro atoms. The third-order valence-corrected chi connectivity index (χ3v) is 4.51. The molecule has 0 unspecified atom stereocenters. The number of aliphatic hydroxyl groups is 1. The molecule has 1 aliphatic heterocycles. The molecule has 0 saturated carbocycles. The zero-order valence-electron chi connectivity index (χ0n) is 14.7. The van der Waals surface area contributed by atoms with E-state index in [1.54, 1.807) is 12.1 Å². The van der Waals surface area contributed by atoms with Gasteiger partial charge in [-0.25, -0.2) is 0 Å². The van der Waals surface area contributed by atoms with Gasteiger partial charge in [-0.2, -0.15) is 13.2 Å². The molecule has 26 heavy (non-hydrogen) atoms. The highest BCUT2D eigenvalue weighted by molar-refractivity contribution is 5.30. The highest BCUT2D eigenvalue weighted by Gasteiger charge is 2.29. The minimum absolute atomic E-state index is 0.0803. The average Bonchev–Trinajstić information content (AvgIpc) is 2.60. The van der Waals surface area contributed by atoms with Gasteiger partial charge in [-0.05, 0) is 62.7 Å². The van der Waals surface area contributed by atoms with Crippen molar-refractivity contribution in [2.24, 2.45) is 5.92 Å². The number of ether oxygens (including phenoxy) is 1. The van der Waals surface area contributed by atoms with Gasteiger partial charge in [0.2, 0.25) is 0 Å². The summed E-state index contributed by atoms with van der Waals surface area (Å²) in [5.74, 6) is 1.15. The van der Waals surface area contributed by atoms with E-state index in [0.29, 0.717) is 31.3 Å². The summed E-state index contributed by atoms with van der Waals surface area (Å²) in [6, 6.07) is 6.28. The van der Waals surface area contributed by atoms with Gasteiger partial charge in [0.05, 0.1) is 6.42 Å². The highest BCUT2D eigenvalue weighted by Crippen LogP contribution is 2.22. The number of halogens is 3. The quantitative estimate of drug-likeness (QED) is 0.618. The van der Waals surface area contributed by atoms with Crippen LogP contribution in [0.15, 0.2) is 24.3 Å². The van der Waals surface area contributed by atoms with Crippen molar-refractivity contribution < 1.29 is 28.1 Å². The molecule has 0 bridgehead atoms. The van der Waals surface area contributed by atoms with Gasteiger partial charge in [0.15, 0.2) is 0 Å². The number of aliphatic hydroxyl groups excluding tert-OH is 1. The lowest BCUT2D eigenvalue weighted by atomic mass is 9.96. The summed E-state index contributed by atoms with van der Waals surface area (Å²) < 4.78 is 42.1. The van der Waals surface area contributed by atoms with Gasteiger partial charge in [-0.15, -0.1) is 0 Å². The first kappa shape index (κ1) is 20.8. The summed E-state index contributed by atoms with van der Waals surface area (Å²) >= 11 is 0. The van der Waals surface area contributed by atoms with Crippen LogP contribution in [0.4, 0.5) is 13.2 Å². The van der Waals surface area contributed by atoms with Crippen LogP contribution >= 0.6 is 0 Å². The van der Waals surface area contributed by atoms with Gasteiger partial charge in [0.1, 0.15) is 24.2 Å². The molecule has 1 saturated heterocycles. The van der Waals surface area contributed by atoms with Gasteiger partial charge in [0, 0.05) is 13.1 Å². The van der Waals surface area contributed by atoms with Crippen LogP contribution < -0.4 is 10.1 Å². The molecule has 1 aromatic rings. The summed E-state index contributed by atoms with van der Waals surface area (Å²) in [7, 11) is 0. The summed E-state index contributed by atoms with van der Waals surface area (Å²) in [4.78, 5) is 1.87. The van der Waals surface area contributed by atoms with Gasteiger partial charge in [-0.3, -0.25) is 0 Å². The molecule has 0 amide bonds. The van der Waals surface area contributed by atoms with Crippen LogP contribution in [0.5, 0.6) is 11.5 Å². The zero-order chi connectivity index (χ0) is 19.0. The number of alkyl halides is 3. The van der Waals surface area contributed by atoms with E-state index in [2.05, 4.69) is 5.32 Å². The second kappa shape index (κ2) is 9.99. The van der Waals surface area contributed by atoms with Crippen LogP contribution in [-0.4, -0.2) is 66.7 Å². The summed E-state index contributed by atoms with van der Waals surface area (Å²) in [5, 5.41) is 22.3. The van der Waals surface area contributed by atoms with Crippen molar-refractivity contribution in [1.82, 2.24) is 10.2 Å². The first-order valence-electron chi connectivity index (χ1n) is 8.91. The number of benzene rings is 1. The van der Waals surface area contributed by atoms with Crippen LogP contribution in [-0.2, 0) is 0 Å². The molecule has 1 fully saturated rings. The van der Waals surface area contributed by atoms with Crippen LogP contribution in [0, 0.1) is 5.92 Å². The zero-order valence-corrected chi connectivity index (χ0v) is 14.7. The molecule has 0 radical (unpaired) electrons. The van der Waals surface area contributed by atoms with Gasteiger partial charge < -0.3 is 25.2 Å². The van der Waals surface area contributed by atoms with E-state index in [1.165, 1.54) is 12.1 Å². The maximum atomic E-state index is 12.2. The lowest BCUT2D eigenvalue weighted by Gasteiger charge is -2.32. The fourth-order valence-corrected chi connectivity index (χ4v) is 2.95. The smallest absolute Gasteiger partial charge is 0.390 e. The van der Waals surface area contributed by atoms with Crippen molar-refractivity contribution in [2.75, 3.05) is 39.3 Å². The summed E-state index contributed by atoms with van der Waals surface area (Å²) in [6.07, 6.45) is -3.76. The molecule has 0 aliphatic carbocycles. The number of piperidine rings is 1. The van der Waals surface area contributed by atoms with E-state index in [4.69, 9.17) is 4.74 Å². The van der Waals surface area contributed by atoms with E-state index < -0.39 is 18.7 Å². The van der Waals surface area contributed by atoms with Crippen molar-refractivity contribution in [3.8, 4) is 11.5 Å². The average molecular weight is 376 g/mol. The number of nitrogens with zero attached hydrogens (tertiary/aromatic N) is 1. The summed E-state index contributed by atoms with van der Waals surface area (Å²) in [5.41, 5.74) is 0. The number of likely N-dealkylation sites (tertiary alicyclic amines) is 1. The number of rotatable bonds is 9. The van der Waals surface area contributed by atoms with E-state index in [1.807, 2.05) is 4.90 Å². The Bertz CT molecular complexity index is 517. The van der Waals surface area contributed by atoms with E-state index in [9.17, 15) is 23.4 Å². The standard InChI is InChI=1S/C18H27F3N2O3/c19-18(20,21)7-10-23-8-5-14(6-9-23)11-22-12-16(25)13-26-17-3-1-15(24)2-4-17/h1-4,14,16,22,24-25H,5-13H2/t16-/m0/s1. The number of phenols is 1. The third kappa shape index (κ3) is 8.25. The molecule has 148 valence electrons. The lowest BCUT2D eigenvalue weighted by molar-refractivity contribution is -0.138. The number of hydrogen-bond donors (Lipinski definition) is 3. The molecular weight excluding hydrogens is 349 g/mol.